The van der Waals surface area contributed by atoms with Crippen LogP contribution in [0.4, 0.5) is 0 Å². The molecule has 1 aliphatic heterocycles. The number of fused-ring (bicyclic) bond motifs is 1. The van der Waals surface area contributed by atoms with E-state index >= 15 is 0 Å². The van der Waals surface area contributed by atoms with Gasteiger partial charge in [0.05, 0.1) is 23.0 Å². The van der Waals surface area contributed by atoms with Gasteiger partial charge in [-0.25, -0.2) is 4.98 Å². The lowest BCUT2D eigenvalue weighted by Gasteiger charge is -2.12. The van der Waals surface area contributed by atoms with Gasteiger partial charge < -0.3 is 9.30 Å². The molecule has 1 fully saturated rings. The van der Waals surface area contributed by atoms with Crippen molar-refractivity contribution in [3.8, 4) is 0 Å². The summed E-state index contributed by atoms with van der Waals surface area (Å²) in [5.41, 5.74) is 2.01. The van der Waals surface area contributed by atoms with Crippen LogP contribution in [0, 0.1) is 0 Å². The Morgan fingerprint density at radius 2 is 2.32 bits per heavy atom. The van der Waals surface area contributed by atoms with Gasteiger partial charge in [-0.3, -0.25) is 0 Å². The van der Waals surface area contributed by atoms with Gasteiger partial charge in [0.15, 0.2) is 0 Å². The van der Waals surface area contributed by atoms with Crippen molar-refractivity contribution in [3.05, 3.63) is 29.0 Å². The molecule has 1 aromatic carbocycles. The lowest BCUT2D eigenvalue weighted by atomic mass is 10.2. The molecule has 0 aliphatic carbocycles. The number of rotatable bonds is 4. The van der Waals surface area contributed by atoms with E-state index in [1.165, 1.54) is 6.42 Å². The summed E-state index contributed by atoms with van der Waals surface area (Å²) in [6.07, 6.45) is 3.70. The molecule has 102 valence electrons. The molecule has 0 amide bonds. The second-order valence-corrected chi connectivity index (χ2v) is 5.57. The van der Waals surface area contributed by atoms with E-state index in [2.05, 4.69) is 9.55 Å². The molecule has 0 spiro atoms. The van der Waals surface area contributed by atoms with Crippen LogP contribution in [0.5, 0.6) is 0 Å². The number of nitrogens with zero attached hydrogens (tertiary/aromatic N) is 2. The maximum absolute atomic E-state index is 6.07. The van der Waals surface area contributed by atoms with Gasteiger partial charge in [0.1, 0.15) is 5.82 Å². The van der Waals surface area contributed by atoms with Crippen LogP contribution in [0.15, 0.2) is 18.2 Å². The minimum absolute atomic E-state index is 0.375. The van der Waals surface area contributed by atoms with Gasteiger partial charge >= 0.3 is 0 Å². The highest BCUT2D eigenvalue weighted by Crippen LogP contribution is 2.23. The van der Waals surface area contributed by atoms with Crippen molar-refractivity contribution in [2.75, 3.05) is 6.61 Å². The van der Waals surface area contributed by atoms with Gasteiger partial charge in [-0.05, 0) is 37.5 Å². The first-order chi connectivity index (χ1) is 9.28. The first-order valence-electron chi connectivity index (χ1n) is 6.60. The molecule has 1 unspecified atom stereocenters. The fraction of sp³-hybridized carbons (Fsp3) is 0.500. The van der Waals surface area contributed by atoms with E-state index in [1.54, 1.807) is 0 Å². The van der Waals surface area contributed by atoms with Gasteiger partial charge in [0.2, 0.25) is 0 Å². The Bertz CT molecular complexity index is 576. The zero-order valence-corrected chi connectivity index (χ0v) is 12.1. The Morgan fingerprint density at radius 1 is 1.42 bits per heavy atom. The minimum Gasteiger partial charge on any atom is -0.378 e. The molecule has 3 nitrogen and oxygen atoms in total. The van der Waals surface area contributed by atoms with Crippen molar-refractivity contribution in [2.45, 2.75) is 37.8 Å². The van der Waals surface area contributed by atoms with Crippen molar-refractivity contribution in [1.82, 2.24) is 9.55 Å². The van der Waals surface area contributed by atoms with Crippen molar-refractivity contribution in [3.63, 3.8) is 0 Å². The number of imidazole rings is 1. The number of alkyl halides is 1. The van der Waals surface area contributed by atoms with Gasteiger partial charge in [0, 0.05) is 18.2 Å². The molecule has 1 aromatic heterocycles. The van der Waals surface area contributed by atoms with Crippen LogP contribution in [0.1, 0.15) is 25.1 Å². The number of aryl methyl sites for hydroxylation is 1. The Morgan fingerprint density at radius 3 is 3.05 bits per heavy atom. The Labute approximate surface area is 122 Å². The molecule has 1 aliphatic rings. The molecule has 2 heterocycles. The van der Waals surface area contributed by atoms with E-state index in [4.69, 9.17) is 27.9 Å². The fourth-order valence-corrected chi connectivity index (χ4v) is 3.01. The zero-order valence-electron chi connectivity index (χ0n) is 10.6. The maximum Gasteiger partial charge on any atom is 0.124 e. The number of hydrogen-bond acceptors (Lipinski definition) is 2. The van der Waals surface area contributed by atoms with Gasteiger partial charge in [-0.2, -0.15) is 0 Å². The van der Waals surface area contributed by atoms with Crippen LogP contribution in [-0.2, 0) is 17.2 Å². The predicted octanol–water partition coefficient (Wildman–Crippen LogP) is 4.00. The molecule has 0 saturated carbocycles. The summed E-state index contributed by atoms with van der Waals surface area (Å²) < 4.78 is 7.83. The van der Waals surface area contributed by atoms with E-state index in [-0.39, 0.29) is 0 Å². The first-order valence-corrected chi connectivity index (χ1v) is 7.51. The minimum atomic E-state index is 0.375. The van der Waals surface area contributed by atoms with Crippen LogP contribution >= 0.6 is 23.2 Å². The normalized spacial score (nSPS) is 19.4. The molecule has 19 heavy (non-hydrogen) atoms. The summed E-state index contributed by atoms with van der Waals surface area (Å²) >= 11 is 12.1. The number of hydrogen-bond donors (Lipinski definition) is 0. The fourth-order valence-electron chi connectivity index (χ4n) is 2.64. The quantitative estimate of drug-likeness (QED) is 0.798. The van der Waals surface area contributed by atoms with Crippen LogP contribution in [0.3, 0.4) is 0 Å². The second kappa shape index (κ2) is 5.70. The SMILES string of the molecule is ClCc1nc2ccc(Cl)cc2n1CCC1CCCO1. The molecule has 5 heteroatoms. The van der Waals surface area contributed by atoms with E-state index in [1.807, 2.05) is 18.2 Å². The number of ether oxygens (including phenoxy) is 1. The summed E-state index contributed by atoms with van der Waals surface area (Å²) in [5.74, 6) is 1.31. The average molecular weight is 299 g/mol. The molecule has 0 radical (unpaired) electrons. The third kappa shape index (κ3) is 2.73. The molecule has 2 aromatic rings. The van der Waals surface area contributed by atoms with E-state index in [0.717, 1.165) is 47.9 Å². The molecule has 0 N–H and O–H groups in total. The highest BCUT2D eigenvalue weighted by molar-refractivity contribution is 6.31. The largest absolute Gasteiger partial charge is 0.378 e. The van der Waals surface area contributed by atoms with Crippen LogP contribution in [0.2, 0.25) is 5.02 Å². The van der Waals surface area contributed by atoms with Crippen LogP contribution in [-0.4, -0.2) is 22.3 Å². The summed E-state index contributed by atoms with van der Waals surface area (Å²) in [5, 5.41) is 0.729. The summed E-state index contributed by atoms with van der Waals surface area (Å²) in [4.78, 5) is 4.55. The van der Waals surface area contributed by atoms with E-state index < -0.39 is 0 Å². The van der Waals surface area contributed by atoms with E-state index in [9.17, 15) is 0 Å². The average Bonchev–Trinajstić information content (AvgIpc) is 3.03. The van der Waals surface area contributed by atoms with E-state index in [0.29, 0.717) is 12.0 Å². The highest BCUT2D eigenvalue weighted by Gasteiger charge is 2.17. The third-order valence-electron chi connectivity index (χ3n) is 3.61. The predicted molar refractivity (Wildman–Crippen MR) is 77.9 cm³/mol. The third-order valence-corrected chi connectivity index (χ3v) is 4.08. The molecular formula is C14H16Cl2N2O. The maximum atomic E-state index is 6.07. The second-order valence-electron chi connectivity index (χ2n) is 4.87. The standard InChI is InChI=1S/C14H16Cl2N2O/c15-9-14-17-12-4-3-10(16)8-13(12)18(14)6-5-11-2-1-7-19-11/h3-4,8,11H,1-2,5-7,9H2. The van der Waals surface area contributed by atoms with Crippen LogP contribution in [0.25, 0.3) is 11.0 Å². The number of benzene rings is 1. The van der Waals surface area contributed by atoms with Gasteiger partial charge in [-0.15, -0.1) is 11.6 Å². The van der Waals surface area contributed by atoms with Crippen molar-refractivity contribution in [2.24, 2.45) is 0 Å². The Balaban J connectivity index is 1.88. The molecule has 1 atom stereocenters. The van der Waals surface area contributed by atoms with Crippen molar-refractivity contribution >= 4 is 34.2 Å². The number of aromatic nitrogens is 2. The summed E-state index contributed by atoms with van der Waals surface area (Å²) in [6.45, 7) is 1.77. The molecular weight excluding hydrogens is 283 g/mol. The zero-order chi connectivity index (χ0) is 13.2. The Kier molecular flexibility index (Phi) is 3.96. The van der Waals surface area contributed by atoms with Crippen molar-refractivity contribution in [1.29, 1.82) is 0 Å². The van der Waals surface area contributed by atoms with Gasteiger partial charge in [0.25, 0.3) is 0 Å². The Hall–Kier alpha value is -0.770. The van der Waals surface area contributed by atoms with Crippen LogP contribution < -0.4 is 0 Å². The monoisotopic (exact) mass is 298 g/mol. The topological polar surface area (TPSA) is 27.1 Å². The summed E-state index contributed by atoms with van der Waals surface area (Å²) in [7, 11) is 0. The lowest BCUT2D eigenvalue weighted by molar-refractivity contribution is 0.100. The highest BCUT2D eigenvalue weighted by atomic mass is 35.5. The molecule has 3 rings (SSSR count). The number of halogens is 2. The van der Waals surface area contributed by atoms with Gasteiger partial charge in [-0.1, -0.05) is 11.6 Å². The smallest absolute Gasteiger partial charge is 0.124 e. The molecule has 1 saturated heterocycles. The molecule has 0 bridgehead atoms. The summed E-state index contributed by atoms with van der Waals surface area (Å²) in [6, 6.07) is 5.76. The first kappa shape index (κ1) is 13.2. The van der Waals surface area contributed by atoms with Crippen molar-refractivity contribution < 1.29 is 4.74 Å². The lowest BCUT2D eigenvalue weighted by Crippen LogP contribution is -2.11.